The third kappa shape index (κ3) is 4.56. The molecule has 0 fully saturated rings. The summed E-state index contributed by atoms with van der Waals surface area (Å²) in [4.78, 5) is 25.0. The molecule has 0 aliphatic carbocycles. The number of fused-ring (bicyclic) bond motifs is 1. The minimum atomic E-state index is -3.65. The molecular formula is C20H22N2O4S2. The highest BCUT2D eigenvalue weighted by molar-refractivity contribution is 8.01. The van der Waals surface area contributed by atoms with Crippen molar-refractivity contribution >= 4 is 44.8 Å². The van der Waals surface area contributed by atoms with Gasteiger partial charge in [0.05, 0.1) is 21.6 Å². The lowest BCUT2D eigenvalue weighted by molar-refractivity contribution is -0.116. The maximum Gasteiger partial charge on any atom is 0.237 e. The molecule has 148 valence electrons. The second-order valence-electron chi connectivity index (χ2n) is 6.84. The van der Waals surface area contributed by atoms with Crippen molar-refractivity contribution in [3.8, 4) is 0 Å². The molecule has 1 aliphatic heterocycles. The highest BCUT2D eigenvalue weighted by atomic mass is 32.2. The Hall–Kier alpha value is -2.32. The third-order valence-corrected chi connectivity index (χ3v) is 7.40. The summed E-state index contributed by atoms with van der Waals surface area (Å²) in [6, 6.07) is 10.4. The maximum absolute atomic E-state index is 12.6. The largest absolute Gasteiger partial charge is 0.326 e. The summed E-state index contributed by atoms with van der Waals surface area (Å²) in [7, 11) is -3.65. The van der Waals surface area contributed by atoms with E-state index in [9.17, 15) is 18.0 Å². The Morgan fingerprint density at radius 2 is 1.93 bits per heavy atom. The molecule has 1 atom stereocenters. The molecule has 0 bridgehead atoms. The number of carbonyl (C=O) groups is 2. The SMILES string of the molecule is Cc1ccc(C)c(NC(=O)CCS(=O)(=O)c2ccc3c(c2)NC(=O)C(C)S3)c1. The molecule has 8 heteroatoms. The minimum Gasteiger partial charge on any atom is -0.326 e. The predicted octanol–water partition coefficient (Wildman–Crippen LogP) is 3.54. The number of aryl methyl sites for hydroxylation is 2. The Kier molecular flexibility index (Phi) is 5.81. The van der Waals surface area contributed by atoms with Crippen LogP contribution in [0.25, 0.3) is 0 Å². The number of nitrogens with one attached hydrogen (secondary N) is 2. The average Bonchev–Trinajstić information content (AvgIpc) is 2.64. The average molecular weight is 419 g/mol. The molecule has 1 heterocycles. The van der Waals surface area contributed by atoms with Gasteiger partial charge >= 0.3 is 0 Å². The van der Waals surface area contributed by atoms with Gasteiger partial charge in [0, 0.05) is 17.0 Å². The van der Waals surface area contributed by atoms with Crippen molar-refractivity contribution in [3.63, 3.8) is 0 Å². The topological polar surface area (TPSA) is 92.3 Å². The molecule has 2 aromatic carbocycles. The fourth-order valence-corrected chi connectivity index (χ4v) is 5.00. The summed E-state index contributed by atoms with van der Waals surface area (Å²) < 4.78 is 25.3. The van der Waals surface area contributed by atoms with Gasteiger partial charge in [0.15, 0.2) is 9.84 Å². The number of rotatable bonds is 5. The van der Waals surface area contributed by atoms with Crippen molar-refractivity contribution in [3.05, 3.63) is 47.5 Å². The van der Waals surface area contributed by atoms with E-state index in [0.29, 0.717) is 11.4 Å². The molecule has 0 spiro atoms. The van der Waals surface area contributed by atoms with Crippen molar-refractivity contribution in [2.75, 3.05) is 16.4 Å². The van der Waals surface area contributed by atoms with E-state index in [4.69, 9.17) is 0 Å². The van der Waals surface area contributed by atoms with Crippen LogP contribution in [0, 0.1) is 13.8 Å². The summed E-state index contributed by atoms with van der Waals surface area (Å²) in [5.74, 6) is -0.812. The van der Waals surface area contributed by atoms with Crippen LogP contribution >= 0.6 is 11.8 Å². The Balaban J connectivity index is 1.69. The van der Waals surface area contributed by atoms with Gasteiger partial charge in [-0.05, 0) is 56.2 Å². The quantitative estimate of drug-likeness (QED) is 0.775. The van der Waals surface area contributed by atoms with Crippen molar-refractivity contribution < 1.29 is 18.0 Å². The Labute approximate surface area is 169 Å². The zero-order valence-corrected chi connectivity index (χ0v) is 17.5. The lowest BCUT2D eigenvalue weighted by Crippen LogP contribution is -2.26. The van der Waals surface area contributed by atoms with Crippen LogP contribution in [0.3, 0.4) is 0 Å². The molecule has 28 heavy (non-hydrogen) atoms. The van der Waals surface area contributed by atoms with Gasteiger partial charge in [0.1, 0.15) is 0 Å². The number of hydrogen-bond donors (Lipinski definition) is 2. The summed E-state index contributed by atoms with van der Waals surface area (Å²) in [5, 5.41) is 5.28. The van der Waals surface area contributed by atoms with E-state index in [0.717, 1.165) is 16.0 Å². The van der Waals surface area contributed by atoms with Gasteiger partial charge in [-0.15, -0.1) is 11.8 Å². The molecule has 1 aliphatic rings. The van der Waals surface area contributed by atoms with Crippen LogP contribution in [0.15, 0.2) is 46.2 Å². The first-order valence-corrected chi connectivity index (χ1v) is 11.4. The first-order valence-electron chi connectivity index (χ1n) is 8.87. The molecule has 0 saturated heterocycles. The van der Waals surface area contributed by atoms with Crippen LogP contribution in [-0.4, -0.2) is 31.2 Å². The summed E-state index contributed by atoms with van der Waals surface area (Å²) >= 11 is 1.39. The first kappa shape index (κ1) is 20.4. The van der Waals surface area contributed by atoms with Gasteiger partial charge in [0.25, 0.3) is 0 Å². The maximum atomic E-state index is 12.6. The van der Waals surface area contributed by atoms with Gasteiger partial charge in [-0.25, -0.2) is 8.42 Å². The Morgan fingerprint density at radius 1 is 1.18 bits per heavy atom. The van der Waals surface area contributed by atoms with Gasteiger partial charge in [-0.2, -0.15) is 0 Å². The standard InChI is InChI=1S/C20H22N2O4S2/c1-12-4-5-13(2)16(10-12)21-19(23)8-9-28(25,26)15-6-7-18-17(11-15)22-20(24)14(3)27-18/h4-7,10-11,14H,8-9H2,1-3H3,(H,21,23)(H,22,24). The fraction of sp³-hybridized carbons (Fsp3) is 0.300. The smallest absolute Gasteiger partial charge is 0.237 e. The van der Waals surface area contributed by atoms with E-state index >= 15 is 0 Å². The molecule has 1 unspecified atom stereocenters. The Morgan fingerprint density at radius 3 is 2.68 bits per heavy atom. The second kappa shape index (κ2) is 7.97. The monoisotopic (exact) mass is 418 g/mol. The molecule has 6 nitrogen and oxygen atoms in total. The molecule has 3 rings (SSSR count). The second-order valence-corrected chi connectivity index (χ2v) is 10.3. The molecule has 0 aromatic heterocycles. The lowest BCUT2D eigenvalue weighted by atomic mass is 10.1. The van der Waals surface area contributed by atoms with E-state index in [2.05, 4.69) is 10.6 Å². The molecule has 0 radical (unpaired) electrons. The highest BCUT2D eigenvalue weighted by Gasteiger charge is 2.25. The van der Waals surface area contributed by atoms with Gasteiger partial charge in [-0.1, -0.05) is 12.1 Å². The van der Waals surface area contributed by atoms with Crippen molar-refractivity contribution in [1.82, 2.24) is 0 Å². The van der Waals surface area contributed by atoms with Crippen molar-refractivity contribution in [1.29, 1.82) is 0 Å². The van der Waals surface area contributed by atoms with Crippen molar-refractivity contribution in [2.45, 2.75) is 42.2 Å². The van der Waals surface area contributed by atoms with Gasteiger partial charge in [-0.3, -0.25) is 9.59 Å². The zero-order chi connectivity index (χ0) is 20.5. The third-order valence-electron chi connectivity index (χ3n) is 4.51. The lowest BCUT2D eigenvalue weighted by Gasteiger charge is -2.21. The minimum absolute atomic E-state index is 0.0984. The number of hydrogen-bond acceptors (Lipinski definition) is 5. The zero-order valence-electron chi connectivity index (χ0n) is 15.9. The first-order chi connectivity index (χ1) is 13.2. The predicted molar refractivity (Wildman–Crippen MR) is 112 cm³/mol. The number of anilines is 2. The van der Waals surface area contributed by atoms with Crippen LogP contribution in [-0.2, 0) is 19.4 Å². The van der Waals surface area contributed by atoms with E-state index in [-0.39, 0.29) is 34.1 Å². The fourth-order valence-electron chi connectivity index (χ4n) is 2.81. The summed E-state index contributed by atoms with van der Waals surface area (Å²) in [6.07, 6.45) is -0.148. The molecule has 2 N–H and O–H groups in total. The van der Waals surface area contributed by atoms with Crippen LogP contribution in [0.4, 0.5) is 11.4 Å². The number of thioether (sulfide) groups is 1. The van der Waals surface area contributed by atoms with E-state index in [1.165, 1.54) is 23.9 Å². The van der Waals surface area contributed by atoms with E-state index < -0.39 is 9.84 Å². The molecule has 2 amide bonds. The molecule has 0 saturated carbocycles. The summed E-state index contributed by atoms with van der Waals surface area (Å²) in [6.45, 7) is 5.60. The van der Waals surface area contributed by atoms with E-state index in [1.807, 2.05) is 32.0 Å². The van der Waals surface area contributed by atoms with Crippen molar-refractivity contribution in [2.24, 2.45) is 0 Å². The molecular weight excluding hydrogens is 396 g/mol. The molecule has 2 aromatic rings. The van der Waals surface area contributed by atoms with Gasteiger partial charge < -0.3 is 10.6 Å². The van der Waals surface area contributed by atoms with E-state index in [1.54, 1.807) is 13.0 Å². The van der Waals surface area contributed by atoms with Crippen LogP contribution < -0.4 is 10.6 Å². The number of carbonyl (C=O) groups excluding carboxylic acids is 2. The Bertz CT molecular complexity index is 1050. The number of benzene rings is 2. The number of sulfone groups is 1. The van der Waals surface area contributed by atoms with Gasteiger partial charge in [0.2, 0.25) is 11.8 Å². The highest BCUT2D eigenvalue weighted by Crippen LogP contribution is 2.36. The number of amides is 2. The van der Waals surface area contributed by atoms with Crippen LogP contribution in [0.1, 0.15) is 24.5 Å². The van der Waals surface area contributed by atoms with Crippen LogP contribution in [0.2, 0.25) is 0 Å². The normalized spacial score (nSPS) is 16.2. The summed E-state index contributed by atoms with van der Waals surface area (Å²) in [5.41, 5.74) is 3.11. The van der Waals surface area contributed by atoms with Crippen LogP contribution in [0.5, 0.6) is 0 Å².